The molecule has 25 heavy (non-hydrogen) atoms. The molecule has 0 spiro atoms. The Kier molecular flexibility index (Phi) is 9.77. The smallest absolute Gasteiger partial charge is 0.237 e. The van der Waals surface area contributed by atoms with Crippen LogP contribution in [0.25, 0.3) is 0 Å². The maximum atomic E-state index is 13.9. The van der Waals surface area contributed by atoms with E-state index in [1.807, 2.05) is 30.3 Å². The van der Waals surface area contributed by atoms with Crippen molar-refractivity contribution in [3.8, 4) is 0 Å². The molecule has 0 aliphatic rings. The Hall–Kier alpha value is -1.95. The van der Waals surface area contributed by atoms with Gasteiger partial charge in [0.05, 0.1) is 13.2 Å². The average molecular weight is 367 g/mol. The number of nitrogens with one attached hydrogen (secondary N) is 1. The fourth-order valence-electron chi connectivity index (χ4n) is 2.35. The quantitative estimate of drug-likeness (QED) is 0.694. The molecule has 0 saturated carbocycles. The van der Waals surface area contributed by atoms with Crippen LogP contribution in [-0.2, 0) is 22.6 Å². The van der Waals surface area contributed by atoms with Gasteiger partial charge in [-0.25, -0.2) is 4.39 Å². The van der Waals surface area contributed by atoms with Gasteiger partial charge >= 0.3 is 0 Å². The predicted octanol–water partition coefficient (Wildman–Crippen LogP) is 3.01. The Morgan fingerprint density at radius 2 is 1.76 bits per heavy atom. The minimum absolute atomic E-state index is 0. The highest BCUT2D eigenvalue weighted by Crippen LogP contribution is 2.13. The van der Waals surface area contributed by atoms with E-state index in [4.69, 9.17) is 4.74 Å². The van der Waals surface area contributed by atoms with Crippen molar-refractivity contribution in [2.75, 3.05) is 26.8 Å². The third-order valence-corrected chi connectivity index (χ3v) is 3.65. The van der Waals surface area contributed by atoms with Crippen LogP contribution in [0.3, 0.4) is 0 Å². The summed E-state index contributed by atoms with van der Waals surface area (Å²) in [6.07, 6.45) is 0. The highest BCUT2D eigenvalue weighted by molar-refractivity contribution is 5.85. The molecule has 2 aromatic rings. The maximum absolute atomic E-state index is 13.9. The van der Waals surface area contributed by atoms with Crippen LogP contribution in [0.5, 0.6) is 0 Å². The van der Waals surface area contributed by atoms with Crippen LogP contribution >= 0.6 is 12.4 Å². The summed E-state index contributed by atoms with van der Waals surface area (Å²) in [5.74, 6) is -0.367. The Balaban J connectivity index is 0.00000312. The van der Waals surface area contributed by atoms with Gasteiger partial charge in [-0.05, 0) is 11.6 Å². The predicted molar refractivity (Wildman–Crippen MR) is 99.1 cm³/mol. The topological polar surface area (TPSA) is 41.6 Å². The summed E-state index contributed by atoms with van der Waals surface area (Å²) in [5, 5.41) is 3.04. The second-order valence-corrected chi connectivity index (χ2v) is 5.50. The standard InChI is InChI=1S/C19H23FN2O2.ClH/c1-24-12-11-21-13-19(23)22(14-16-7-3-2-4-8-16)15-17-9-5-6-10-18(17)20;/h2-10,21H,11-15H2,1H3;1H. The molecule has 2 rings (SSSR count). The number of carbonyl (C=O) groups is 1. The first kappa shape index (κ1) is 21.1. The van der Waals surface area contributed by atoms with E-state index in [1.54, 1.807) is 30.2 Å². The molecule has 0 saturated heterocycles. The fourth-order valence-corrected chi connectivity index (χ4v) is 2.35. The van der Waals surface area contributed by atoms with Crippen molar-refractivity contribution in [3.05, 3.63) is 71.5 Å². The Labute approximate surface area is 154 Å². The van der Waals surface area contributed by atoms with E-state index in [1.165, 1.54) is 6.07 Å². The van der Waals surface area contributed by atoms with E-state index in [0.29, 0.717) is 25.3 Å². The van der Waals surface area contributed by atoms with E-state index >= 15 is 0 Å². The number of rotatable bonds is 9. The van der Waals surface area contributed by atoms with Crippen molar-refractivity contribution in [2.24, 2.45) is 0 Å². The summed E-state index contributed by atoms with van der Waals surface area (Å²) >= 11 is 0. The number of hydrogen-bond acceptors (Lipinski definition) is 3. The molecule has 0 atom stereocenters. The number of amides is 1. The van der Waals surface area contributed by atoms with Crippen LogP contribution in [0.1, 0.15) is 11.1 Å². The Morgan fingerprint density at radius 1 is 1.08 bits per heavy atom. The molecule has 2 aromatic carbocycles. The highest BCUT2D eigenvalue weighted by Gasteiger charge is 2.16. The van der Waals surface area contributed by atoms with Crippen molar-refractivity contribution < 1.29 is 13.9 Å². The molecule has 0 radical (unpaired) electrons. The second kappa shape index (κ2) is 11.6. The van der Waals surface area contributed by atoms with E-state index < -0.39 is 0 Å². The molecule has 6 heteroatoms. The molecule has 136 valence electrons. The number of benzene rings is 2. The molecule has 0 aromatic heterocycles. The lowest BCUT2D eigenvalue weighted by Crippen LogP contribution is -2.38. The van der Waals surface area contributed by atoms with Crippen LogP contribution in [0, 0.1) is 5.82 Å². The number of nitrogens with zero attached hydrogens (tertiary/aromatic N) is 1. The van der Waals surface area contributed by atoms with Gasteiger partial charge in [0.2, 0.25) is 5.91 Å². The summed E-state index contributed by atoms with van der Waals surface area (Å²) in [6.45, 7) is 2.03. The van der Waals surface area contributed by atoms with Crippen LogP contribution in [0.4, 0.5) is 4.39 Å². The molecule has 4 nitrogen and oxygen atoms in total. The number of methoxy groups -OCH3 is 1. The average Bonchev–Trinajstić information content (AvgIpc) is 2.61. The Bertz CT molecular complexity index is 640. The zero-order valence-corrected chi connectivity index (χ0v) is 15.1. The van der Waals surface area contributed by atoms with Gasteiger partial charge in [-0.1, -0.05) is 48.5 Å². The lowest BCUT2D eigenvalue weighted by molar-refractivity contribution is -0.131. The van der Waals surface area contributed by atoms with Gasteiger partial charge in [0.1, 0.15) is 5.82 Å². The zero-order chi connectivity index (χ0) is 17.2. The molecule has 1 N–H and O–H groups in total. The maximum Gasteiger partial charge on any atom is 0.237 e. The summed E-state index contributed by atoms with van der Waals surface area (Å²) in [5.41, 5.74) is 1.53. The fraction of sp³-hybridized carbons (Fsp3) is 0.316. The monoisotopic (exact) mass is 366 g/mol. The molecule has 0 bridgehead atoms. The summed E-state index contributed by atoms with van der Waals surface area (Å²) < 4.78 is 18.9. The largest absolute Gasteiger partial charge is 0.383 e. The number of carbonyl (C=O) groups excluding carboxylic acids is 1. The van der Waals surface area contributed by atoms with Crippen LogP contribution < -0.4 is 5.32 Å². The molecular formula is C19H24ClFN2O2. The lowest BCUT2D eigenvalue weighted by atomic mass is 10.1. The zero-order valence-electron chi connectivity index (χ0n) is 14.3. The van der Waals surface area contributed by atoms with Gasteiger partial charge in [-0.15, -0.1) is 12.4 Å². The second-order valence-electron chi connectivity index (χ2n) is 5.50. The van der Waals surface area contributed by atoms with E-state index in [9.17, 15) is 9.18 Å². The first-order chi connectivity index (χ1) is 11.7. The van der Waals surface area contributed by atoms with Gasteiger partial charge in [0.15, 0.2) is 0 Å². The van der Waals surface area contributed by atoms with Crippen molar-refractivity contribution in [3.63, 3.8) is 0 Å². The first-order valence-electron chi connectivity index (χ1n) is 7.95. The minimum Gasteiger partial charge on any atom is -0.383 e. The van der Waals surface area contributed by atoms with Gasteiger partial charge < -0.3 is 15.0 Å². The summed E-state index contributed by atoms with van der Waals surface area (Å²) in [6, 6.07) is 16.2. The molecular weight excluding hydrogens is 343 g/mol. The third-order valence-electron chi connectivity index (χ3n) is 3.65. The normalized spacial score (nSPS) is 10.2. The molecule has 0 aliphatic carbocycles. The van der Waals surface area contributed by atoms with Crippen molar-refractivity contribution in [2.45, 2.75) is 13.1 Å². The van der Waals surface area contributed by atoms with Gasteiger partial charge in [-0.3, -0.25) is 4.79 Å². The summed E-state index contributed by atoms with van der Waals surface area (Å²) in [7, 11) is 1.61. The Morgan fingerprint density at radius 3 is 2.44 bits per heavy atom. The molecule has 0 heterocycles. The summed E-state index contributed by atoms with van der Waals surface area (Å²) in [4.78, 5) is 14.2. The lowest BCUT2D eigenvalue weighted by Gasteiger charge is -2.23. The van der Waals surface area contributed by atoms with E-state index in [0.717, 1.165) is 5.56 Å². The van der Waals surface area contributed by atoms with Gasteiger partial charge in [0, 0.05) is 32.3 Å². The number of ether oxygens (including phenoxy) is 1. The van der Waals surface area contributed by atoms with Crippen LogP contribution in [-0.4, -0.2) is 37.6 Å². The molecule has 1 amide bonds. The number of halogens is 2. The number of hydrogen-bond donors (Lipinski definition) is 1. The van der Waals surface area contributed by atoms with E-state index in [2.05, 4.69) is 5.32 Å². The molecule has 0 unspecified atom stereocenters. The van der Waals surface area contributed by atoms with Crippen LogP contribution in [0.2, 0.25) is 0 Å². The van der Waals surface area contributed by atoms with E-state index in [-0.39, 0.29) is 37.2 Å². The van der Waals surface area contributed by atoms with Crippen molar-refractivity contribution in [1.29, 1.82) is 0 Å². The van der Waals surface area contributed by atoms with Gasteiger partial charge in [-0.2, -0.15) is 0 Å². The third kappa shape index (κ3) is 7.22. The van der Waals surface area contributed by atoms with Crippen molar-refractivity contribution >= 4 is 18.3 Å². The van der Waals surface area contributed by atoms with Gasteiger partial charge in [0.25, 0.3) is 0 Å². The minimum atomic E-state index is -0.296. The molecule has 0 fully saturated rings. The SMILES string of the molecule is COCCNCC(=O)N(Cc1ccccc1)Cc1ccccc1F.Cl. The highest BCUT2D eigenvalue weighted by atomic mass is 35.5. The van der Waals surface area contributed by atoms with Crippen molar-refractivity contribution in [1.82, 2.24) is 10.2 Å². The molecule has 0 aliphatic heterocycles. The first-order valence-corrected chi connectivity index (χ1v) is 7.95. The van der Waals surface area contributed by atoms with Crippen LogP contribution in [0.15, 0.2) is 54.6 Å².